The predicted octanol–water partition coefficient (Wildman–Crippen LogP) is 1.63. The summed E-state index contributed by atoms with van der Waals surface area (Å²) in [5, 5.41) is 11.2. The van der Waals surface area contributed by atoms with E-state index in [1.165, 1.54) is 24.3 Å². The molecular weight excluding hydrogens is 291 g/mol. The van der Waals surface area contributed by atoms with Crippen LogP contribution in [0.1, 0.15) is 16.1 Å². The summed E-state index contributed by atoms with van der Waals surface area (Å²) in [6, 6.07) is 7.77. The van der Waals surface area contributed by atoms with E-state index in [-0.39, 0.29) is 11.3 Å². The van der Waals surface area contributed by atoms with E-state index < -0.39 is 29.8 Å². The molecule has 0 spiro atoms. The van der Waals surface area contributed by atoms with Gasteiger partial charge in [0.25, 0.3) is 11.5 Å². The molecule has 0 fully saturated rings. The third-order valence-electron chi connectivity index (χ3n) is 3.04. The van der Waals surface area contributed by atoms with Gasteiger partial charge in [0, 0.05) is 11.3 Å². The molecule has 0 aliphatic rings. The van der Waals surface area contributed by atoms with E-state index in [4.69, 9.17) is 5.11 Å². The maximum atomic E-state index is 12.8. The van der Waals surface area contributed by atoms with Crippen LogP contribution in [-0.4, -0.2) is 21.6 Å². The van der Waals surface area contributed by atoms with Crippen molar-refractivity contribution in [2.24, 2.45) is 0 Å². The third kappa shape index (κ3) is 3.38. The average Bonchev–Trinajstić information content (AvgIpc) is 2.47. The number of carboxylic acids is 1. The fourth-order valence-electron chi connectivity index (χ4n) is 1.89. The maximum Gasteiger partial charge on any atom is 0.323 e. The molecule has 6 nitrogen and oxygen atoms in total. The molecule has 0 radical (unpaired) electrons. The van der Waals surface area contributed by atoms with Gasteiger partial charge in [-0.2, -0.15) is 0 Å². The number of aromatic nitrogens is 1. The number of hydrogen-bond donors (Lipinski definition) is 2. The van der Waals surface area contributed by atoms with E-state index >= 15 is 0 Å². The minimum Gasteiger partial charge on any atom is -0.480 e. The SMILES string of the molecule is Cc1ccc(NC(=O)c2ccc(F)cc2)c(=O)n1CC(=O)O. The molecule has 22 heavy (non-hydrogen) atoms. The minimum atomic E-state index is -1.16. The van der Waals surface area contributed by atoms with Gasteiger partial charge in [-0.1, -0.05) is 0 Å². The summed E-state index contributed by atoms with van der Waals surface area (Å²) < 4.78 is 13.9. The molecule has 0 aliphatic carbocycles. The normalized spacial score (nSPS) is 10.3. The van der Waals surface area contributed by atoms with E-state index in [0.29, 0.717) is 5.69 Å². The monoisotopic (exact) mass is 304 g/mol. The lowest BCUT2D eigenvalue weighted by molar-refractivity contribution is -0.137. The van der Waals surface area contributed by atoms with Crippen LogP contribution in [0.4, 0.5) is 10.1 Å². The molecule has 2 aromatic rings. The van der Waals surface area contributed by atoms with E-state index in [1.54, 1.807) is 6.92 Å². The summed E-state index contributed by atoms with van der Waals surface area (Å²) in [7, 11) is 0. The van der Waals surface area contributed by atoms with Crippen LogP contribution in [0.2, 0.25) is 0 Å². The lowest BCUT2D eigenvalue weighted by Crippen LogP contribution is -2.29. The van der Waals surface area contributed by atoms with Crippen LogP contribution in [0.15, 0.2) is 41.2 Å². The topological polar surface area (TPSA) is 88.4 Å². The number of aliphatic carboxylic acids is 1. The van der Waals surface area contributed by atoms with Crippen LogP contribution in [0.3, 0.4) is 0 Å². The van der Waals surface area contributed by atoms with Gasteiger partial charge in [-0.15, -0.1) is 0 Å². The van der Waals surface area contributed by atoms with E-state index in [1.807, 2.05) is 0 Å². The van der Waals surface area contributed by atoms with Crippen molar-refractivity contribution in [2.45, 2.75) is 13.5 Å². The van der Waals surface area contributed by atoms with Gasteiger partial charge in [-0.25, -0.2) is 4.39 Å². The fourth-order valence-corrected chi connectivity index (χ4v) is 1.89. The van der Waals surface area contributed by atoms with Crippen molar-refractivity contribution in [3.05, 3.63) is 63.8 Å². The molecule has 1 heterocycles. The first-order valence-corrected chi connectivity index (χ1v) is 6.37. The number of carboxylic acid groups (broad SMARTS) is 1. The van der Waals surface area contributed by atoms with Crippen LogP contribution in [0.25, 0.3) is 0 Å². The average molecular weight is 304 g/mol. The molecule has 0 saturated carbocycles. The Morgan fingerprint density at radius 2 is 1.82 bits per heavy atom. The Morgan fingerprint density at radius 1 is 1.18 bits per heavy atom. The van der Waals surface area contributed by atoms with Crippen molar-refractivity contribution in [3.8, 4) is 0 Å². The van der Waals surface area contributed by atoms with Gasteiger partial charge in [-0.05, 0) is 43.3 Å². The van der Waals surface area contributed by atoms with Gasteiger partial charge in [0.05, 0.1) is 0 Å². The molecule has 0 atom stereocenters. The lowest BCUT2D eigenvalue weighted by atomic mass is 10.2. The highest BCUT2D eigenvalue weighted by molar-refractivity contribution is 6.04. The first kappa shape index (κ1) is 15.4. The standard InChI is InChI=1S/C15H13FN2O4/c1-9-2-7-12(15(22)18(9)8-13(19)20)17-14(21)10-3-5-11(16)6-4-10/h2-7H,8H2,1H3,(H,17,21)(H,19,20). The third-order valence-corrected chi connectivity index (χ3v) is 3.04. The Morgan fingerprint density at radius 3 is 2.41 bits per heavy atom. The molecule has 0 unspecified atom stereocenters. The summed E-state index contributed by atoms with van der Waals surface area (Å²) >= 11 is 0. The smallest absolute Gasteiger partial charge is 0.323 e. The number of pyridine rings is 1. The van der Waals surface area contributed by atoms with Crippen molar-refractivity contribution < 1.29 is 19.1 Å². The summed E-state index contributed by atoms with van der Waals surface area (Å²) in [5.74, 6) is -2.22. The quantitative estimate of drug-likeness (QED) is 0.898. The molecule has 0 saturated heterocycles. The summed E-state index contributed by atoms with van der Waals surface area (Å²) in [5.41, 5.74) is -0.00243. The van der Waals surface area contributed by atoms with Crippen LogP contribution in [-0.2, 0) is 11.3 Å². The van der Waals surface area contributed by atoms with Crippen LogP contribution in [0, 0.1) is 12.7 Å². The van der Waals surface area contributed by atoms with Crippen molar-refractivity contribution in [1.29, 1.82) is 0 Å². The van der Waals surface area contributed by atoms with Gasteiger partial charge in [0.1, 0.15) is 18.0 Å². The number of anilines is 1. The predicted molar refractivity (Wildman–Crippen MR) is 77.4 cm³/mol. The maximum absolute atomic E-state index is 12.8. The molecule has 1 aromatic carbocycles. The Bertz CT molecular complexity index is 781. The summed E-state index contributed by atoms with van der Waals surface area (Å²) in [6.07, 6.45) is 0. The van der Waals surface area contributed by atoms with Gasteiger partial charge < -0.3 is 10.4 Å². The van der Waals surface area contributed by atoms with Crippen LogP contribution in [0.5, 0.6) is 0 Å². The van der Waals surface area contributed by atoms with Crippen molar-refractivity contribution in [3.63, 3.8) is 0 Å². The van der Waals surface area contributed by atoms with Gasteiger partial charge in [-0.3, -0.25) is 19.0 Å². The number of nitrogens with one attached hydrogen (secondary N) is 1. The number of amides is 1. The Balaban J connectivity index is 2.30. The first-order chi connectivity index (χ1) is 10.4. The Hall–Kier alpha value is -2.96. The molecule has 2 rings (SSSR count). The fraction of sp³-hybridized carbons (Fsp3) is 0.133. The second kappa shape index (κ2) is 6.21. The highest BCUT2D eigenvalue weighted by Gasteiger charge is 2.12. The number of nitrogens with zero attached hydrogens (tertiary/aromatic N) is 1. The second-order valence-corrected chi connectivity index (χ2v) is 4.63. The zero-order chi connectivity index (χ0) is 16.3. The number of carbonyl (C=O) groups excluding carboxylic acids is 1. The highest BCUT2D eigenvalue weighted by Crippen LogP contribution is 2.08. The number of benzene rings is 1. The van der Waals surface area contributed by atoms with E-state index in [9.17, 15) is 18.8 Å². The van der Waals surface area contributed by atoms with E-state index in [2.05, 4.69) is 5.32 Å². The largest absolute Gasteiger partial charge is 0.480 e. The highest BCUT2D eigenvalue weighted by atomic mass is 19.1. The van der Waals surface area contributed by atoms with Crippen molar-refractivity contribution in [2.75, 3.05) is 5.32 Å². The van der Waals surface area contributed by atoms with Crippen LogP contribution >= 0.6 is 0 Å². The lowest BCUT2D eigenvalue weighted by Gasteiger charge is -2.10. The van der Waals surface area contributed by atoms with Crippen LogP contribution < -0.4 is 10.9 Å². The minimum absolute atomic E-state index is 0.0406. The van der Waals surface area contributed by atoms with Crippen molar-refractivity contribution in [1.82, 2.24) is 4.57 Å². The summed E-state index contributed by atoms with van der Waals surface area (Å²) in [6.45, 7) is 1.10. The zero-order valence-electron chi connectivity index (χ0n) is 11.7. The molecule has 7 heteroatoms. The van der Waals surface area contributed by atoms with Gasteiger partial charge in [0.15, 0.2) is 0 Å². The Kier molecular flexibility index (Phi) is 4.36. The molecule has 0 bridgehead atoms. The first-order valence-electron chi connectivity index (χ1n) is 6.37. The second-order valence-electron chi connectivity index (χ2n) is 4.63. The van der Waals surface area contributed by atoms with E-state index in [0.717, 1.165) is 16.7 Å². The number of rotatable bonds is 4. The molecule has 1 aromatic heterocycles. The number of halogens is 1. The molecule has 114 valence electrons. The van der Waals surface area contributed by atoms with Crippen molar-refractivity contribution >= 4 is 17.6 Å². The Labute approximate surface area is 124 Å². The zero-order valence-corrected chi connectivity index (χ0v) is 11.7. The van der Waals surface area contributed by atoms with Gasteiger partial charge in [0.2, 0.25) is 0 Å². The summed E-state index contributed by atoms with van der Waals surface area (Å²) in [4.78, 5) is 34.9. The molecular formula is C15H13FN2O4. The number of hydrogen-bond acceptors (Lipinski definition) is 3. The number of carbonyl (C=O) groups is 2. The molecule has 0 aliphatic heterocycles. The van der Waals surface area contributed by atoms with Gasteiger partial charge >= 0.3 is 5.97 Å². The number of aryl methyl sites for hydroxylation is 1. The molecule has 1 amide bonds. The molecule has 2 N–H and O–H groups in total.